The Morgan fingerprint density at radius 3 is 2.50 bits per heavy atom. The van der Waals surface area contributed by atoms with E-state index in [1.165, 1.54) is 37.2 Å². The number of nitrogens with zero attached hydrogens (tertiary/aromatic N) is 2. The first-order valence-electron chi connectivity index (χ1n) is 5.19. The molecule has 0 amide bonds. The molecule has 0 spiro atoms. The lowest BCUT2D eigenvalue weighted by atomic mass is 10.3. The first-order chi connectivity index (χ1) is 5.61. The van der Waals surface area contributed by atoms with Crippen molar-refractivity contribution in [3.05, 3.63) is 0 Å². The summed E-state index contributed by atoms with van der Waals surface area (Å²) < 4.78 is 1.24. The van der Waals surface area contributed by atoms with Crippen LogP contribution >= 0.6 is 0 Å². The van der Waals surface area contributed by atoms with Crippen molar-refractivity contribution in [2.45, 2.75) is 33.2 Å². The third-order valence-corrected chi connectivity index (χ3v) is 3.13. The molecular formula is C10H23N2+. The maximum atomic E-state index is 2.61. The average Bonchev–Trinajstić information content (AvgIpc) is 2.30. The predicted molar refractivity (Wildman–Crippen MR) is 52.9 cm³/mol. The van der Waals surface area contributed by atoms with Gasteiger partial charge in [-0.05, 0) is 20.3 Å². The van der Waals surface area contributed by atoms with Crippen LogP contribution in [0.1, 0.15) is 27.2 Å². The number of hydrogen-bond donors (Lipinski definition) is 0. The molecule has 0 saturated carbocycles. The Morgan fingerprint density at radius 1 is 1.42 bits per heavy atom. The molecule has 1 unspecified atom stereocenters. The lowest BCUT2D eigenvalue weighted by Crippen LogP contribution is -2.42. The largest absolute Gasteiger partial charge is 0.312 e. The van der Waals surface area contributed by atoms with Crippen molar-refractivity contribution in [1.82, 2.24) is 4.90 Å². The Hall–Kier alpha value is -0.0800. The second kappa shape index (κ2) is 3.75. The summed E-state index contributed by atoms with van der Waals surface area (Å²) in [4.78, 5) is 2.61. The molecular weight excluding hydrogens is 148 g/mol. The zero-order valence-electron chi connectivity index (χ0n) is 9.01. The van der Waals surface area contributed by atoms with Crippen molar-refractivity contribution in [2.75, 3.05) is 33.4 Å². The van der Waals surface area contributed by atoms with Gasteiger partial charge in [0.05, 0.1) is 26.2 Å². The molecule has 0 aromatic heterocycles. The molecule has 2 atom stereocenters. The lowest BCUT2D eigenvalue weighted by molar-refractivity contribution is -0.900. The fourth-order valence-corrected chi connectivity index (χ4v) is 2.20. The van der Waals surface area contributed by atoms with Crippen LogP contribution < -0.4 is 0 Å². The molecule has 1 saturated heterocycles. The Morgan fingerprint density at radius 2 is 2.08 bits per heavy atom. The normalized spacial score (nSPS) is 37.5. The smallest absolute Gasteiger partial charge is 0.135 e. The van der Waals surface area contributed by atoms with Gasteiger partial charge in [-0.15, -0.1) is 0 Å². The highest BCUT2D eigenvalue weighted by molar-refractivity contribution is 4.69. The third kappa shape index (κ3) is 1.99. The van der Waals surface area contributed by atoms with Crippen molar-refractivity contribution >= 4 is 0 Å². The molecule has 12 heavy (non-hydrogen) atoms. The summed E-state index contributed by atoms with van der Waals surface area (Å²) in [6.07, 6.45) is 1.29. The van der Waals surface area contributed by atoms with E-state index in [1.54, 1.807) is 0 Å². The maximum absolute atomic E-state index is 2.61. The molecule has 1 heterocycles. The van der Waals surface area contributed by atoms with Crippen molar-refractivity contribution in [2.24, 2.45) is 0 Å². The molecule has 0 aromatic rings. The monoisotopic (exact) mass is 171 g/mol. The fourth-order valence-electron chi connectivity index (χ4n) is 2.20. The molecule has 0 aromatic carbocycles. The van der Waals surface area contributed by atoms with E-state index in [4.69, 9.17) is 0 Å². The molecule has 1 aliphatic heterocycles. The summed E-state index contributed by atoms with van der Waals surface area (Å²) in [6, 6.07) is 0.787. The van der Waals surface area contributed by atoms with Gasteiger partial charge in [-0.1, -0.05) is 6.92 Å². The summed E-state index contributed by atoms with van der Waals surface area (Å²) in [7, 11) is 2.37. The minimum atomic E-state index is 0.787. The van der Waals surface area contributed by atoms with Crippen LogP contribution in [-0.4, -0.2) is 48.8 Å². The van der Waals surface area contributed by atoms with Crippen LogP contribution in [-0.2, 0) is 0 Å². The topological polar surface area (TPSA) is 3.24 Å². The average molecular weight is 171 g/mol. The van der Waals surface area contributed by atoms with Crippen molar-refractivity contribution in [3.63, 3.8) is 0 Å². The lowest BCUT2D eigenvalue weighted by Gasteiger charge is -2.27. The van der Waals surface area contributed by atoms with Crippen LogP contribution in [0.3, 0.4) is 0 Å². The van der Waals surface area contributed by atoms with Crippen molar-refractivity contribution in [1.29, 1.82) is 0 Å². The van der Waals surface area contributed by atoms with Crippen LogP contribution in [0.2, 0.25) is 0 Å². The summed E-state index contributed by atoms with van der Waals surface area (Å²) in [6.45, 7) is 12.0. The van der Waals surface area contributed by atoms with Gasteiger partial charge >= 0.3 is 0 Å². The summed E-state index contributed by atoms with van der Waals surface area (Å²) in [5.41, 5.74) is 0. The van der Waals surface area contributed by atoms with E-state index in [9.17, 15) is 0 Å². The van der Waals surface area contributed by atoms with Gasteiger partial charge < -0.3 is 4.48 Å². The molecule has 72 valence electrons. The van der Waals surface area contributed by atoms with Gasteiger partial charge in [0.15, 0.2) is 0 Å². The first-order valence-corrected chi connectivity index (χ1v) is 5.19. The number of hydrogen-bond acceptors (Lipinski definition) is 1. The maximum Gasteiger partial charge on any atom is 0.135 e. The summed E-state index contributed by atoms with van der Waals surface area (Å²) in [5.74, 6) is 0. The van der Waals surface area contributed by atoms with Gasteiger partial charge in [0.2, 0.25) is 0 Å². The highest BCUT2D eigenvalue weighted by atomic mass is 15.5. The van der Waals surface area contributed by atoms with Crippen molar-refractivity contribution < 1.29 is 4.48 Å². The van der Waals surface area contributed by atoms with Crippen LogP contribution in [0.5, 0.6) is 0 Å². The second-order valence-electron chi connectivity index (χ2n) is 4.42. The van der Waals surface area contributed by atoms with E-state index in [2.05, 4.69) is 32.7 Å². The van der Waals surface area contributed by atoms with E-state index >= 15 is 0 Å². The molecule has 1 aliphatic rings. The minimum Gasteiger partial charge on any atom is -0.312 e. The standard InChI is InChI=1S/C10H23N2/c1-5-7-11-9-12(4,6-2)8-10(11)3/h10H,5-9H2,1-4H3/q+1/t10?,12-/m1/s1. The van der Waals surface area contributed by atoms with Crippen LogP contribution in [0.4, 0.5) is 0 Å². The molecule has 2 nitrogen and oxygen atoms in total. The zero-order valence-corrected chi connectivity index (χ0v) is 9.01. The number of quaternary nitrogens is 1. The van der Waals surface area contributed by atoms with Crippen molar-refractivity contribution in [3.8, 4) is 0 Å². The van der Waals surface area contributed by atoms with Crippen LogP contribution in [0, 0.1) is 0 Å². The SMILES string of the molecule is CCCN1C[N@+](C)(CC)CC1C. The van der Waals surface area contributed by atoms with Crippen LogP contribution in [0.25, 0.3) is 0 Å². The Bertz CT molecular complexity index is 147. The van der Waals surface area contributed by atoms with Gasteiger partial charge in [-0.25, -0.2) is 4.90 Å². The Balaban J connectivity index is 2.49. The van der Waals surface area contributed by atoms with E-state index in [0.717, 1.165) is 6.04 Å². The van der Waals surface area contributed by atoms with Gasteiger partial charge in [0.1, 0.15) is 6.67 Å². The molecule has 0 bridgehead atoms. The van der Waals surface area contributed by atoms with Crippen LogP contribution in [0.15, 0.2) is 0 Å². The van der Waals surface area contributed by atoms with E-state index in [-0.39, 0.29) is 0 Å². The molecule has 0 aliphatic carbocycles. The quantitative estimate of drug-likeness (QED) is 0.582. The molecule has 0 N–H and O–H groups in total. The number of likely N-dealkylation sites (N-methyl/N-ethyl adjacent to an activating group) is 1. The molecule has 0 radical (unpaired) electrons. The predicted octanol–water partition coefficient (Wildman–Crippen LogP) is 1.52. The fraction of sp³-hybridized carbons (Fsp3) is 1.00. The summed E-state index contributed by atoms with van der Waals surface area (Å²) >= 11 is 0. The van der Waals surface area contributed by atoms with Gasteiger partial charge in [-0.3, -0.25) is 0 Å². The highest BCUT2D eigenvalue weighted by Crippen LogP contribution is 2.18. The van der Waals surface area contributed by atoms with E-state index in [1.807, 2.05) is 0 Å². The van der Waals surface area contributed by atoms with Gasteiger partial charge in [0, 0.05) is 6.54 Å². The summed E-state index contributed by atoms with van der Waals surface area (Å²) in [5, 5.41) is 0. The Labute approximate surface area is 76.7 Å². The highest BCUT2D eigenvalue weighted by Gasteiger charge is 2.35. The first kappa shape index (κ1) is 10.0. The molecule has 1 rings (SSSR count). The van der Waals surface area contributed by atoms with E-state index in [0.29, 0.717) is 0 Å². The molecule has 2 heteroatoms. The third-order valence-electron chi connectivity index (χ3n) is 3.13. The second-order valence-corrected chi connectivity index (χ2v) is 4.42. The van der Waals surface area contributed by atoms with Gasteiger partial charge in [-0.2, -0.15) is 0 Å². The zero-order chi connectivity index (χ0) is 9.19. The minimum absolute atomic E-state index is 0.787. The number of rotatable bonds is 3. The van der Waals surface area contributed by atoms with Gasteiger partial charge in [0.25, 0.3) is 0 Å². The Kier molecular flexibility index (Phi) is 3.13. The molecule has 1 fully saturated rings. The van der Waals surface area contributed by atoms with E-state index < -0.39 is 0 Å².